The normalized spacial score (nSPS) is 12.2. The number of aromatic nitrogens is 2. The van der Waals surface area contributed by atoms with Gasteiger partial charge in [0.2, 0.25) is 15.5 Å². The highest BCUT2D eigenvalue weighted by molar-refractivity contribution is 7.89. The van der Waals surface area contributed by atoms with Gasteiger partial charge in [0.15, 0.2) is 5.69 Å². The first-order chi connectivity index (χ1) is 15.4. The molecule has 0 aliphatic heterocycles. The molecular formula is C21H21N5O6S. The number of benzene rings is 2. The number of carbonyl (C=O) groups excluding carboxylic acids is 1. The van der Waals surface area contributed by atoms with Crippen molar-refractivity contribution >= 4 is 21.6 Å². The molecule has 172 valence electrons. The third-order valence-electron chi connectivity index (χ3n) is 5.21. The smallest absolute Gasteiger partial charge is 0.294 e. The van der Waals surface area contributed by atoms with E-state index in [1.165, 1.54) is 65.2 Å². The van der Waals surface area contributed by atoms with E-state index in [0.717, 1.165) is 0 Å². The molecule has 11 nitrogen and oxygen atoms in total. The highest BCUT2D eigenvalue weighted by atomic mass is 32.2. The average molecular weight is 471 g/mol. The second kappa shape index (κ2) is 8.92. The molecule has 0 fully saturated rings. The number of aryl methyl sites for hydroxylation is 1. The van der Waals surface area contributed by atoms with Crippen LogP contribution in [-0.4, -0.2) is 41.0 Å². The highest BCUT2D eigenvalue weighted by Crippen LogP contribution is 2.24. The third kappa shape index (κ3) is 4.81. The van der Waals surface area contributed by atoms with Crippen molar-refractivity contribution in [1.82, 2.24) is 14.7 Å². The summed E-state index contributed by atoms with van der Waals surface area (Å²) in [7, 11) is -2.39. The Kier molecular flexibility index (Phi) is 6.42. The molecule has 1 amide bonds. The van der Waals surface area contributed by atoms with Crippen LogP contribution in [0.2, 0.25) is 0 Å². The van der Waals surface area contributed by atoms with Crippen LogP contribution in [0.15, 0.2) is 64.3 Å². The summed E-state index contributed by atoms with van der Waals surface area (Å²) in [6.07, 6.45) is 0. The lowest BCUT2D eigenvalue weighted by Gasteiger charge is -2.25. The Hall–Kier alpha value is -3.90. The molecule has 12 heteroatoms. The standard InChI is InChI=1S/C21H21N5O6S/c1-13-12-19(27)20(23-25(13)17-6-4-5-7-18(17)26(29)30)21(28)24(3)14(2)15-8-10-16(11-9-15)33(22,31)32/h4-12,14H,1-3H3,(H2,22,31,32). The van der Waals surface area contributed by atoms with E-state index in [1.54, 1.807) is 19.9 Å². The summed E-state index contributed by atoms with van der Waals surface area (Å²) in [6, 6.07) is 12.2. The first-order valence-electron chi connectivity index (χ1n) is 9.66. The lowest BCUT2D eigenvalue weighted by Crippen LogP contribution is -2.35. The molecule has 2 N–H and O–H groups in total. The summed E-state index contributed by atoms with van der Waals surface area (Å²) in [4.78, 5) is 37.7. The maximum absolute atomic E-state index is 13.1. The monoisotopic (exact) mass is 471 g/mol. The van der Waals surface area contributed by atoms with Gasteiger partial charge in [0, 0.05) is 24.9 Å². The fraction of sp³-hybridized carbons (Fsp3) is 0.190. The number of primary sulfonamides is 1. The Morgan fingerprint density at radius 1 is 1.18 bits per heavy atom. The van der Waals surface area contributed by atoms with Crippen LogP contribution in [0.5, 0.6) is 0 Å². The Labute approximate surface area is 189 Å². The molecule has 1 aromatic heterocycles. The van der Waals surface area contributed by atoms with Crippen LogP contribution < -0.4 is 10.6 Å². The molecule has 3 rings (SSSR count). The van der Waals surface area contributed by atoms with Gasteiger partial charge < -0.3 is 4.90 Å². The second-order valence-corrected chi connectivity index (χ2v) is 8.92. The van der Waals surface area contributed by atoms with Crippen molar-refractivity contribution in [2.75, 3.05) is 7.05 Å². The van der Waals surface area contributed by atoms with Crippen LogP contribution in [0.1, 0.15) is 34.7 Å². The number of nitrogens with two attached hydrogens (primary N) is 1. The van der Waals surface area contributed by atoms with Gasteiger partial charge in [-0.1, -0.05) is 24.3 Å². The highest BCUT2D eigenvalue weighted by Gasteiger charge is 2.25. The topological polar surface area (TPSA) is 158 Å². The lowest BCUT2D eigenvalue weighted by atomic mass is 10.1. The fourth-order valence-electron chi connectivity index (χ4n) is 3.24. The van der Waals surface area contributed by atoms with Crippen molar-refractivity contribution in [3.8, 4) is 5.69 Å². The van der Waals surface area contributed by atoms with Crippen LogP contribution in [-0.2, 0) is 10.0 Å². The van der Waals surface area contributed by atoms with Crippen LogP contribution in [0.4, 0.5) is 5.69 Å². The van der Waals surface area contributed by atoms with E-state index >= 15 is 0 Å². The fourth-order valence-corrected chi connectivity index (χ4v) is 3.76. The molecular weight excluding hydrogens is 450 g/mol. The van der Waals surface area contributed by atoms with Gasteiger partial charge in [0.1, 0.15) is 5.69 Å². The second-order valence-electron chi connectivity index (χ2n) is 7.36. The van der Waals surface area contributed by atoms with E-state index in [9.17, 15) is 28.1 Å². The van der Waals surface area contributed by atoms with E-state index in [1.807, 2.05) is 0 Å². The number of hydrogen-bond donors (Lipinski definition) is 1. The van der Waals surface area contributed by atoms with E-state index in [-0.39, 0.29) is 16.3 Å². The number of rotatable bonds is 6. The first-order valence-corrected chi connectivity index (χ1v) is 11.2. The molecule has 0 saturated heterocycles. The van der Waals surface area contributed by atoms with Crippen molar-refractivity contribution in [1.29, 1.82) is 0 Å². The summed E-state index contributed by atoms with van der Waals surface area (Å²) < 4.78 is 24.1. The summed E-state index contributed by atoms with van der Waals surface area (Å²) in [5.41, 5.74) is -0.232. The number of nitro groups is 1. The van der Waals surface area contributed by atoms with Crippen molar-refractivity contribution < 1.29 is 18.1 Å². The van der Waals surface area contributed by atoms with Crippen molar-refractivity contribution in [2.45, 2.75) is 24.8 Å². The largest absolute Gasteiger partial charge is 0.333 e. The molecule has 0 bridgehead atoms. The van der Waals surface area contributed by atoms with Gasteiger partial charge in [-0.2, -0.15) is 5.10 Å². The van der Waals surface area contributed by atoms with Gasteiger partial charge in [0.25, 0.3) is 11.6 Å². The van der Waals surface area contributed by atoms with Crippen LogP contribution in [0.25, 0.3) is 5.69 Å². The molecule has 0 radical (unpaired) electrons. The van der Waals surface area contributed by atoms with Gasteiger partial charge in [-0.3, -0.25) is 19.7 Å². The van der Waals surface area contributed by atoms with Gasteiger partial charge in [-0.05, 0) is 37.6 Å². The van der Waals surface area contributed by atoms with Crippen molar-refractivity contribution in [3.63, 3.8) is 0 Å². The molecule has 0 aliphatic carbocycles. The molecule has 2 aromatic carbocycles. The molecule has 33 heavy (non-hydrogen) atoms. The van der Waals surface area contributed by atoms with Gasteiger partial charge in [-0.25, -0.2) is 18.2 Å². The molecule has 0 spiro atoms. The van der Waals surface area contributed by atoms with Gasteiger partial charge in [0.05, 0.1) is 15.9 Å². The predicted octanol–water partition coefficient (Wildman–Crippen LogP) is 1.93. The minimum Gasteiger partial charge on any atom is -0.333 e. The average Bonchev–Trinajstić information content (AvgIpc) is 2.77. The van der Waals surface area contributed by atoms with E-state index < -0.39 is 38.0 Å². The molecule has 1 heterocycles. The molecule has 1 unspecified atom stereocenters. The Balaban J connectivity index is 2.00. The Morgan fingerprint density at radius 3 is 2.36 bits per heavy atom. The first kappa shape index (κ1) is 23.8. The summed E-state index contributed by atoms with van der Waals surface area (Å²) in [6.45, 7) is 3.25. The van der Waals surface area contributed by atoms with Crippen LogP contribution in [0, 0.1) is 17.0 Å². The van der Waals surface area contributed by atoms with Crippen LogP contribution in [0.3, 0.4) is 0 Å². The number of sulfonamides is 1. The number of carbonyl (C=O) groups is 1. The Morgan fingerprint density at radius 2 is 1.79 bits per heavy atom. The van der Waals surface area contributed by atoms with Gasteiger partial charge in [-0.15, -0.1) is 0 Å². The van der Waals surface area contributed by atoms with Gasteiger partial charge >= 0.3 is 0 Å². The Bertz CT molecular complexity index is 1400. The zero-order valence-corrected chi connectivity index (χ0v) is 18.8. The zero-order valence-electron chi connectivity index (χ0n) is 18.0. The van der Waals surface area contributed by atoms with Crippen LogP contribution >= 0.6 is 0 Å². The minimum atomic E-state index is -3.86. The third-order valence-corrected chi connectivity index (χ3v) is 6.14. The number of nitro benzene ring substituents is 1. The SMILES string of the molecule is Cc1cc(=O)c(C(=O)N(C)C(C)c2ccc(S(N)(=O)=O)cc2)nn1-c1ccccc1[N+](=O)[O-]. The van der Waals surface area contributed by atoms with E-state index in [2.05, 4.69) is 5.10 Å². The van der Waals surface area contributed by atoms with E-state index in [4.69, 9.17) is 5.14 Å². The lowest BCUT2D eigenvalue weighted by molar-refractivity contribution is -0.384. The molecule has 0 aliphatic rings. The maximum Gasteiger partial charge on any atom is 0.294 e. The number of para-hydroxylation sites is 2. The molecule has 3 aromatic rings. The molecule has 0 saturated carbocycles. The van der Waals surface area contributed by atoms with Crippen molar-refractivity contribution in [3.05, 3.63) is 91.9 Å². The molecule has 1 atom stereocenters. The number of hydrogen-bond acceptors (Lipinski definition) is 7. The summed E-state index contributed by atoms with van der Waals surface area (Å²) in [5.74, 6) is -0.699. The summed E-state index contributed by atoms with van der Waals surface area (Å²) >= 11 is 0. The number of amides is 1. The predicted molar refractivity (Wildman–Crippen MR) is 120 cm³/mol. The number of nitrogens with zero attached hydrogens (tertiary/aromatic N) is 4. The maximum atomic E-state index is 13.1. The summed E-state index contributed by atoms with van der Waals surface area (Å²) in [5, 5.41) is 20.7. The zero-order chi connectivity index (χ0) is 24.5. The minimum absolute atomic E-state index is 0.0695. The van der Waals surface area contributed by atoms with Crippen molar-refractivity contribution in [2.24, 2.45) is 5.14 Å². The quantitative estimate of drug-likeness (QED) is 0.425. The van der Waals surface area contributed by atoms with E-state index in [0.29, 0.717) is 11.3 Å².